The van der Waals surface area contributed by atoms with Crippen LogP contribution in [0.15, 0.2) is 42.7 Å². The molecule has 0 spiro atoms. The maximum Gasteiger partial charge on any atom is 0.146 e. The van der Waals surface area contributed by atoms with Crippen molar-refractivity contribution < 1.29 is 14.2 Å². The Morgan fingerprint density at radius 3 is 2.82 bits per heavy atom. The summed E-state index contributed by atoms with van der Waals surface area (Å²) >= 11 is 0. The second kappa shape index (κ2) is 9.18. The number of aromatic nitrogens is 4. The number of likely N-dealkylation sites (N-methyl/N-ethyl adjacent to an activating group) is 1. The van der Waals surface area contributed by atoms with Gasteiger partial charge >= 0.3 is 0 Å². The average molecular weight is 461 g/mol. The Hall–Kier alpha value is -3.85. The molecule has 1 aliphatic rings. The van der Waals surface area contributed by atoms with Gasteiger partial charge in [0.2, 0.25) is 0 Å². The molecule has 4 aromatic rings. The molecule has 1 atom stereocenters. The fraction of sp³-hybridized carbons (Fsp3) is 0.320. The minimum atomic E-state index is -0.0329. The normalized spacial score (nSPS) is 15.2. The van der Waals surface area contributed by atoms with Crippen LogP contribution in [0.1, 0.15) is 17.3 Å². The summed E-state index contributed by atoms with van der Waals surface area (Å²) < 4.78 is 17.6. The molecule has 0 saturated carbocycles. The van der Waals surface area contributed by atoms with Crippen molar-refractivity contribution in [1.29, 1.82) is 0 Å². The zero-order valence-electron chi connectivity index (χ0n) is 19.5. The number of aromatic amines is 1. The molecule has 9 heteroatoms. The number of nitrogens with one attached hydrogen (secondary N) is 1. The smallest absolute Gasteiger partial charge is 0.146 e. The van der Waals surface area contributed by atoms with Crippen LogP contribution in [0, 0.1) is 0 Å². The van der Waals surface area contributed by atoms with Crippen molar-refractivity contribution in [2.24, 2.45) is 0 Å². The summed E-state index contributed by atoms with van der Waals surface area (Å²) in [6, 6.07) is 9.80. The third-order valence-electron chi connectivity index (χ3n) is 5.98. The largest absolute Gasteiger partial charge is 0.497 e. The van der Waals surface area contributed by atoms with Crippen LogP contribution in [0.4, 0.5) is 5.82 Å². The summed E-state index contributed by atoms with van der Waals surface area (Å²) in [7, 11) is 5.68. The molecule has 1 unspecified atom stereocenters. The Balaban J connectivity index is 1.54. The van der Waals surface area contributed by atoms with E-state index in [4.69, 9.17) is 24.9 Å². The molecular weight excluding hydrogens is 432 g/mol. The first kappa shape index (κ1) is 22.0. The molecule has 3 N–H and O–H groups in total. The molecule has 1 aliphatic heterocycles. The summed E-state index contributed by atoms with van der Waals surface area (Å²) in [5.74, 6) is 3.36. The van der Waals surface area contributed by atoms with Crippen molar-refractivity contribution in [3.63, 3.8) is 0 Å². The Kier molecular flexibility index (Phi) is 5.93. The zero-order valence-corrected chi connectivity index (χ0v) is 19.5. The van der Waals surface area contributed by atoms with Crippen molar-refractivity contribution in [3.05, 3.63) is 54.1 Å². The molecule has 0 bridgehead atoms. The first-order chi connectivity index (χ1) is 16.5. The molecule has 0 fully saturated rings. The van der Waals surface area contributed by atoms with Gasteiger partial charge in [0.05, 0.1) is 25.8 Å². The topological polar surface area (TPSA) is 111 Å². The van der Waals surface area contributed by atoms with E-state index in [9.17, 15) is 0 Å². The lowest BCUT2D eigenvalue weighted by molar-refractivity contribution is 0.256. The molecule has 2 aromatic heterocycles. The Bertz CT molecular complexity index is 1310. The van der Waals surface area contributed by atoms with Crippen molar-refractivity contribution in [3.8, 4) is 28.4 Å². The number of methoxy groups -OCH3 is 1. The average Bonchev–Trinajstić information content (AvgIpc) is 3.38. The van der Waals surface area contributed by atoms with Crippen molar-refractivity contribution in [1.82, 2.24) is 25.1 Å². The van der Waals surface area contributed by atoms with Crippen LogP contribution >= 0.6 is 0 Å². The van der Waals surface area contributed by atoms with Gasteiger partial charge < -0.3 is 24.8 Å². The number of H-pyrrole nitrogens is 1. The van der Waals surface area contributed by atoms with Gasteiger partial charge in [-0.1, -0.05) is 0 Å². The van der Waals surface area contributed by atoms with E-state index in [-0.39, 0.29) is 5.92 Å². The zero-order chi connectivity index (χ0) is 23.7. The van der Waals surface area contributed by atoms with Gasteiger partial charge in [-0.05, 0) is 62.0 Å². The van der Waals surface area contributed by atoms with Crippen molar-refractivity contribution in [2.45, 2.75) is 12.3 Å². The van der Waals surface area contributed by atoms with Crippen LogP contribution in [0.25, 0.3) is 22.0 Å². The van der Waals surface area contributed by atoms with Crippen LogP contribution in [0.5, 0.6) is 17.2 Å². The highest BCUT2D eigenvalue weighted by molar-refractivity contribution is 5.96. The number of rotatable bonds is 7. The van der Waals surface area contributed by atoms with Crippen LogP contribution in [-0.2, 0) is 6.42 Å². The maximum atomic E-state index is 6.47. The van der Waals surface area contributed by atoms with E-state index in [1.807, 2.05) is 50.6 Å². The highest BCUT2D eigenvalue weighted by Crippen LogP contribution is 2.37. The lowest BCUT2D eigenvalue weighted by atomic mass is 9.95. The summed E-state index contributed by atoms with van der Waals surface area (Å²) in [6.45, 7) is 1.78. The lowest BCUT2D eigenvalue weighted by Gasteiger charge is -2.25. The van der Waals surface area contributed by atoms with Gasteiger partial charge in [-0.15, -0.1) is 0 Å². The second-order valence-electron chi connectivity index (χ2n) is 8.66. The third-order valence-corrected chi connectivity index (χ3v) is 5.98. The first-order valence-corrected chi connectivity index (χ1v) is 11.2. The Labute approximate surface area is 197 Å². The minimum Gasteiger partial charge on any atom is -0.497 e. The number of hydrogen-bond acceptors (Lipinski definition) is 8. The number of ether oxygens (including phenoxy) is 3. The lowest BCUT2D eigenvalue weighted by Crippen LogP contribution is -2.22. The van der Waals surface area contributed by atoms with Gasteiger partial charge in [0, 0.05) is 23.7 Å². The molecule has 5 rings (SSSR count). The molecule has 9 nitrogen and oxygen atoms in total. The summed E-state index contributed by atoms with van der Waals surface area (Å²) in [6.07, 6.45) is 4.34. The molecule has 0 saturated heterocycles. The monoisotopic (exact) mass is 460 g/mol. The molecule has 0 amide bonds. The number of nitrogen functional groups attached to an aromatic ring is 1. The fourth-order valence-corrected chi connectivity index (χ4v) is 4.11. The summed E-state index contributed by atoms with van der Waals surface area (Å²) in [5.41, 5.74) is 10.1. The number of nitrogens with zero attached hydrogens (tertiary/aromatic N) is 4. The Morgan fingerprint density at radius 2 is 2.06 bits per heavy atom. The molecule has 176 valence electrons. The van der Waals surface area contributed by atoms with Crippen molar-refractivity contribution >= 4 is 16.7 Å². The Morgan fingerprint density at radius 1 is 1.18 bits per heavy atom. The van der Waals surface area contributed by atoms with E-state index in [0.717, 1.165) is 46.5 Å². The van der Waals surface area contributed by atoms with Gasteiger partial charge in [-0.2, -0.15) is 5.10 Å². The number of fused-ring (bicyclic) bond motifs is 2. The minimum absolute atomic E-state index is 0.0329. The number of benzene rings is 2. The van der Waals surface area contributed by atoms with Gasteiger partial charge in [0.1, 0.15) is 41.0 Å². The highest BCUT2D eigenvalue weighted by Gasteiger charge is 2.26. The van der Waals surface area contributed by atoms with E-state index in [2.05, 4.69) is 20.1 Å². The molecular formula is C25H28N6O3. The van der Waals surface area contributed by atoms with Gasteiger partial charge in [-0.25, -0.2) is 9.97 Å². The predicted octanol–water partition coefficient (Wildman–Crippen LogP) is 3.27. The molecule has 34 heavy (non-hydrogen) atoms. The third kappa shape index (κ3) is 4.34. The van der Waals surface area contributed by atoms with E-state index >= 15 is 0 Å². The highest BCUT2D eigenvalue weighted by atomic mass is 16.5. The maximum absolute atomic E-state index is 6.47. The number of hydrogen-bond donors (Lipinski definition) is 2. The molecule has 0 aliphatic carbocycles. The van der Waals surface area contributed by atoms with Gasteiger partial charge in [0.15, 0.2) is 0 Å². The quantitative estimate of drug-likeness (QED) is 0.432. The fourth-order valence-electron chi connectivity index (χ4n) is 4.11. The van der Waals surface area contributed by atoms with E-state index in [1.165, 1.54) is 0 Å². The predicted molar refractivity (Wildman–Crippen MR) is 131 cm³/mol. The first-order valence-electron chi connectivity index (χ1n) is 11.2. The summed E-state index contributed by atoms with van der Waals surface area (Å²) in [5, 5.41) is 7.67. The van der Waals surface area contributed by atoms with Crippen molar-refractivity contribution in [2.75, 3.05) is 46.7 Å². The van der Waals surface area contributed by atoms with Gasteiger partial charge in [0.25, 0.3) is 0 Å². The second-order valence-corrected chi connectivity index (χ2v) is 8.66. The van der Waals surface area contributed by atoms with Crippen LogP contribution < -0.4 is 19.9 Å². The number of anilines is 1. The van der Waals surface area contributed by atoms with Crippen LogP contribution in [0.2, 0.25) is 0 Å². The SMILES string of the molecule is COc1ccc2c(c1)CC(c1nc(N)c3cc(-c4cn[nH]c4)cc(OCCN(C)C)c3n1)CO2. The molecule has 0 radical (unpaired) electrons. The van der Waals surface area contributed by atoms with E-state index in [1.54, 1.807) is 13.3 Å². The van der Waals surface area contributed by atoms with E-state index in [0.29, 0.717) is 36.1 Å². The molecule has 3 heterocycles. The summed E-state index contributed by atoms with van der Waals surface area (Å²) in [4.78, 5) is 11.7. The number of nitrogens with two attached hydrogens (primary N) is 1. The van der Waals surface area contributed by atoms with Crippen LogP contribution in [0.3, 0.4) is 0 Å². The van der Waals surface area contributed by atoms with Gasteiger partial charge in [-0.3, -0.25) is 5.10 Å². The van der Waals surface area contributed by atoms with E-state index < -0.39 is 0 Å². The molecule has 2 aromatic carbocycles. The standard InChI is InChI=1S/C25H28N6O3/c1-31(2)6-7-33-22-11-15(18-12-27-28-13-18)10-20-23(22)29-25(30-24(20)26)17-8-16-9-19(32-3)4-5-21(16)34-14-17/h4-5,9-13,17H,6-8,14H2,1-3H3,(H,27,28)(H2,26,29,30). The van der Waals surface area contributed by atoms with Crippen LogP contribution in [-0.4, -0.2) is 66.0 Å².